The summed E-state index contributed by atoms with van der Waals surface area (Å²) in [6.07, 6.45) is 1.39. The largest absolute Gasteiger partial charge is 0.382 e. The monoisotopic (exact) mass is 530 g/mol. The lowest BCUT2D eigenvalue weighted by Gasteiger charge is -2.31. The van der Waals surface area contributed by atoms with Gasteiger partial charge in [0.2, 0.25) is 21.7 Å². The van der Waals surface area contributed by atoms with Gasteiger partial charge in [0, 0.05) is 19.1 Å². The third-order valence-corrected chi connectivity index (χ3v) is 8.55. The van der Waals surface area contributed by atoms with Crippen LogP contribution in [0.3, 0.4) is 0 Å². The van der Waals surface area contributed by atoms with E-state index in [0.717, 1.165) is 23.5 Å². The normalized spacial score (nSPS) is 15.4. The molecule has 1 fully saturated rings. The van der Waals surface area contributed by atoms with Gasteiger partial charge in [0.1, 0.15) is 22.3 Å². The zero-order valence-electron chi connectivity index (χ0n) is 19.2. The molecule has 0 aliphatic carbocycles. The van der Waals surface area contributed by atoms with Crippen molar-refractivity contribution in [2.75, 3.05) is 50.0 Å². The Kier molecular flexibility index (Phi) is 8.74. The van der Waals surface area contributed by atoms with Gasteiger partial charge in [-0.2, -0.15) is 0 Å². The first-order chi connectivity index (χ1) is 16.5. The number of likely N-dealkylation sites (N-methyl/N-ethyl adjacent to an activating group) is 1. The van der Waals surface area contributed by atoms with Crippen LogP contribution in [0.5, 0.6) is 0 Å². The molecule has 0 bridgehead atoms. The van der Waals surface area contributed by atoms with Crippen LogP contribution in [0.15, 0.2) is 18.2 Å². The number of nitrogen functional groups attached to an aromatic ring is 1. The summed E-state index contributed by atoms with van der Waals surface area (Å²) in [5, 5.41) is 3.46. The molecule has 2 heterocycles. The quantitative estimate of drug-likeness (QED) is 0.367. The van der Waals surface area contributed by atoms with Gasteiger partial charge in [-0.15, -0.1) is 0 Å². The highest BCUT2D eigenvalue weighted by molar-refractivity contribution is 7.89. The van der Waals surface area contributed by atoms with Crippen molar-refractivity contribution in [1.82, 2.24) is 14.2 Å². The van der Waals surface area contributed by atoms with Gasteiger partial charge in [-0.05, 0) is 45.0 Å². The van der Waals surface area contributed by atoms with Gasteiger partial charge in [-0.1, -0.05) is 17.4 Å². The number of carbonyl (C=O) groups excluding carboxylic acids is 2. The average Bonchev–Trinajstić information content (AvgIpc) is 3.13. The van der Waals surface area contributed by atoms with Crippen LogP contribution in [0.2, 0.25) is 0 Å². The molecule has 1 saturated heterocycles. The number of halogens is 2. The van der Waals surface area contributed by atoms with Crippen LogP contribution >= 0.6 is 11.3 Å². The second-order valence-electron chi connectivity index (χ2n) is 8.35. The van der Waals surface area contributed by atoms with Crippen LogP contribution in [0.1, 0.15) is 34.5 Å². The van der Waals surface area contributed by atoms with Crippen LogP contribution < -0.4 is 16.8 Å². The molecule has 14 heteroatoms. The Balaban J connectivity index is 1.54. The van der Waals surface area contributed by atoms with E-state index in [1.165, 1.54) is 10.4 Å². The number of carbonyl (C=O) groups is 2. The third kappa shape index (κ3) is 6.93. The number of nitrogens with two attached hydrogens (primary N) is 2. The minimum atomic E-state index is -3.44. The zero-order valence-corrected chi connectivity index (χ0v) is 20.8. The van der Waals surface area contributed by atoms with Crippen LogP contribution in [-0.4, -0.2) is 79.3 Å². The maximum absolute atomic E-state index is 14.0. The summed E-state index contributed by atoms with van der Waals surface area (Å²) >= 11 is 0.898. The molecule has 1 aliphatic rings. The number of sulfonamides is 1. The van der Waals surface area contributed by atoms with Gasteiger partial charge >= 0.3 is 0 Å². The number of rotatable bonds is 11. The molecule has 5 N–H and O–H groups in total. The minimum Gasteiger partial charge on any atom is -0.382 e. The Bertz CT molecular complexity index is 1160. The molecule has 0 saturated carbocycles. The van der Waals surface area contributed by atoms with E-state index in [1.54, 1.807) is 11.9 Å². The number of aromatic nitrogens is 1. The van der Waals surface area contributed by atoms with Crippen molar-refractivity contribution in [1.29, 1.82) is 0 Å². The second-order valence-corrected chi connectivity index (χ2v) is 11.4. The van der Waals surface area contributed by atoms with E-state index in [1.807, 2.05) is 0 Å². The fourth-order valence-electron chi connectivity index (χ4n) is 3.83. The molecule has 1 aromatic heterocycles. The molecule has 192 valence electrons. The van der Waals surface area contributed by atoms with Crippen molar-refractivity contribution in [3.05, 3.63) is 40.3 Å². The molecular formula is C21H28F2N6O4S2. The molecule has 0 unspecified atom stereocenters. The van der Waals surface area contributed by atoms with E-state index in [-0.39, 0.29) is 29.0 Å². The Morgan fingerprint density at radius 1 is 1.26 bits per heavy atom. The van der Waals surface area contributed by atoms with Gasteiger partial charge in [-0.25, -0.2) is 26.5 Å². The Hall–Kier alpha value is -2.68. The number of nitrogens with one attached hydrogen (secondary N) is 1. The zero-order chi connectivity index (χ0) is 25.8. The topological polar surface area (TPSA) is 152 Å². The lowest BCUT2D eigenvalue weighted by Crippen LogP contribution is -2.43. The van der Waals surface area contributed by atoms with Crippen molar-refractivity contribution in [3.8, 4) is 0 Å². The number of thiazole rings is 1. The van der Waals surface area contributed by atoms with Crippen LogP contribution in [0, 0.1) is 11.6 Å². The summed E-state index contributed by atoms with van der Waals surface area (Å²) in [5.74, 6) is -3.48. The molecule has 10 nitrogen and oxygen atoms in total. The lowest BCUT2D eigenvalue weighted by atomic mass is 10.1. The number of amides is 1. The van der Waals surface area contributed by atoms with E-state index in [2.05, 4.69) is 10.3 Å². The van der Waals surface area contributed by atoms with Crippen LogP contribution in [0.25, 0.3) is 0 Å². The number of anilines is 2. The molecule has 1 aliphatic heterocycles. The summed E-state index contributed by atoms with van der Waals surface area (Å²) in [6, 6.07) is 3.04. The van der Waals surface area contributed by atoms with Gasteiger partial charge in [0.15, 0.2) is 5.13 Å². The van der Waals surface area contributed by atoms with E-state index in [4.69, 9.17) is 11.5 Å². The smallest absolute Gasteiger partial charge is 0.231 e. The SMILES string of the molecule is CN(CCCS(=O)(=O)N1CCC(Nc2nc(N)c(C(=O)c3c(F)cccc3F)s2)CC1)CC(N)=O. The standard InChI is InChI=1S/C21H28F2N6O4S2/c1-28(12-16(24)30)8-3-11-35(32,33)29-9-6-13(7-10-29)26-21-27-20(25)19(34-21)18(31)17-14(22)4-2-5-15(17)23/h2,4-5,13H,3,6-12,25H2,1H3,(H2,24,30)(H,26,27). The van der Waals surface area contributed by atoms with Crippen molar-refractivity contribution in [2.45, 2.75) is 25.3 Å². The number of primary amides is 1. The number of ketones is 1. The van der Waals surface area contributed by atoms with Gasteiger partial charge in [0.25, 0.3) is 0 Å². The van der Waals surface area contributed by atoms with E-state index in [0.29, 0.717) is 44.0 Å². The average molecular weight is 531 g/mol. The highest BCUT2D eigenvalue weighted by Crippen LogP contribution is 2.30. The molecule has 1 aromatic carbocycles. The van der Waals surface area contributed by atoms with Crippen LogP contribution in [-0.2, 0) is 14.8 Å². The second kappa shape index (κ2) is 11.4. The van der Waals surface area contributed by atoms with Crippen molar-refractivity contribution in [2.24, 2.45) is 5.73 Å². The first-order valence-corrected chi connectivity index (χ1v) is 13.4. The summed E-state index contributed by atoms with van der Waals surface area (Å²) in [6.45, 7) is 1.12. The molecule has 0 atom stereocenters. The number of hydrogen-bond donors (Lipinski definition) is 3. The number of hydrogen-bond acceptors (Lipinski definition) is 9. The van der Waals surface area contributed by atoms with Crippen LogP contribution in [0.4, 0.5) is 19.7 Å². The lowest BCUT2D eigenvalue weighted by molar-refractivity contribution is -0.118. The van der Waals surface area contributed by atoms with E-state index < -0.39 is 38.9 Å². The Morgan fingerprint density at radius 2 is 1.89 bits per heavy atom. The highest BCUT2D eigenvalue weighted by Gasteiger charge is 2.29. The van der Waals surface area contributed by atoms with E-state index >= 15 is 0 Å². The fraction of sp³-hybridized carbons (Fsp3) is 0.476. The number of nitrogens with zero attached hydrogens (tertiary/aromatic N) is 3. The Labute approximate surface area is 206 Å². The summed E-state index contributed by atoms with van der Waals surface area (Å²) in [5.41, 5.74) is 10.3. The van der Waals surface area contributed by atoms with Crippen molar-refractivity contribution < 1.29 is 26.8 Å². The highest BCUT2D eigenvalue weighted by atomic mass is 32.2. The van der Waals surface area contributed by atoms with Gasteiger partial charge < -0.3 is 16.8 Å². The molecular weight excluding hydrogens is 502 g/mol. The Morgan fingerprint density at radius 3 is 2.49 bits per heavy atom. The van der Waals surface area contributed by atoms with E-state index in [9.17, 15) is 26.8 Å². The summed E-state index contributed by atoms with van der Waals surface area (Å²) < 4.78 is 54.7. The third-order valence-electron chi connectivity index (χ3n) is 5.59. The molecule has 2 aromatic rings. The fourth-order valence-corrected chi connectivity index (χ4v) is 6.26. The van der Waals surface area contributed by atoms with Gasteiger partial charge in [-0.3, -0.25) is 14.5 Å². The first kappa shape index (κ1) is 26.9. The number of piperidine rings is 1. The maximum atomic E-state index is 14.0. The first-order valence-electron chi connectivity index (χ1n) is 10.9. The molecule has 3 rings (SSSR count). The molecule has 0 radical (unpaired) electrons. The predicted octanol–water partition coefficient (Wildman–Crippen LogP) is 1.25. The summed E-state index contributed by atoms with van der Waals surface area (Å²) in [7, 11) is -1.74. The molecule has 1 amide bonds. The summed E-state index contributed by atoms with van der Waals surface area (Å²) in [4.78, 5) is 29.3. The van der Waals surface area contributed by atoms with Crippen molar-refractivity contribution in [3.63, 3.8) is 0 Å². The minimum absolute atomic E-state index is 0.0325. The number of benzene rings is 1. The predicted molar refractivity (Wildman–Crippen MR) is 130 cm³/mol. The molecule has 35 heavy (non-hydrogen) atoms. The maximum Gasteiger partial charge on any atom is 0.231 e. The van der Waals surface area contributed by atoms with Crippen molar-refractivity contribution >= 4 is 44.0 Å². The van der Waals surface area contributed by atoms with Gasteiger partial charge in [0.05, 0.1) is 17.9 Å². The molecule has 0 spiro atoms.